The molecule has 0 saturated heterocycles. The molecule has 32 heavy (non-hydrogen) atoms. The van der Waals surface area contributed by atoms with Crippen molar-refractivity contribution in [3.05, 3.63) is 42.4 Å². The van der Waals surface area contributed by atoms with E-state index in [1.54, 1.807) is 25.3 Å². The standard InChI is InChI=1S/C24H28N4O4/c1-24(2,3)32-23(29)28-10-8-15(9-11-28)22-25-14-19-18(27-22)13-17(26-19)16-6-7-20(30-4)21(12-16)31-5/h6-8,12-14,26H,9-11H2,1-5H3. The van der Waals surface area contributed by atoms with Crippen LogP contribution in [0.2, 0.25) is 0 Å². The van der Waals surface area contributed by atoms with E-state index >= 15 is 0 Å². The van der Waals surface area contributed by atoms with Gasteiger partial charge in [-0.25, -0.2) is 14.8 Å². The van der Waals surface area contributed by atoms with Crippen LogP contribution in [0, 0.1) is 0 Å². The Labute approximate surface area is 187 Å². The number of hydrogen-bond acceptors (Lipinski definition) is 6. The number of amides is 1. The van der Waals surface area contributed by atoms with Crippen LogP contribution in [-0.4, -0.2) is 58.9 Å². The second-order valence-electron chi connectivity index (χ2n) is 8.65. The number of methoxy groups -OCH3 is 2. The van der Waals surface area contributed by atoms with Crippen molar-refractivity contribution in [1.82, 2.24) is 19.9 Å². The van der Waals surface area contributed by atoms with Gasteiger partial charge in [-0.3, -0.25) is 0 Å². The van der Waals surface area contributed by atoms with Gasteiger partial charge in [0.2, 0.25) is 0 Å². The highest BCUT2D eigenvalue weighted by atomic mass is 16.6. The Morgan fingerprint density at radius 1 is 1.12 bits per heavy atom. The predicted octanol–water partition coefficient (Wildman–Crippen LogP) is 4.67. The number of fused-ring (bicyclic) bond motifs is 1. The number of nitrogens with one attached hydrogen (secondary N) is 1. The first-order valence-corrected chi connectivity index (χ1v) is 10.5. The van der Waals surface area contributed by atoms with Crippen molar-refractivity contribution in [2.45, 2.75) is 32.8 Å². The van der Waals surface area contributed by atoms with Crippen LogP contribution in [0.25, 0.3) is 27.9 Å². The van der Waals surface area contributed by atoms with Gasteiger partial charge < -0.3 is 24.1 Å². The zero-order valence-corrected chi connectivity index (χ0v) is 19.1. The Balaban J connectivity index is 1.55. The molecule has 0 saturated carbocycles. The molecule has 3 aromatic rings. The number of rotatable bonds is 4. The molecule has 8 heteroatoms. The molecule has 0 bridgehead atoms. The third-order valence-corrected chi connectivity index (χ3v) is 5.21. The van der Waals surface area contributed by atoms with Gasteiger partial charge >= 0.3 is 6.09 Å². The fourth-order valence-corrected chi connectivity index (χ4v) is 3.60. The van der Waals surface area contributed by atoms with Crippen LogP contribution >= 0.6 is 0 Å². The SMILES string of the molecule is COc1ccc(-c2cc3nc(C4=CCN(C(=O)OC(C)(C)C)CC4)ncc3[nH]2)cc1OC. The molecule has 168 valence electrons. The molecule has 0 spiro atoms. The van der Waals surface area contributed by atoms with Crippen molar-refractivity contribution >= 4 is 22.7 Å². The monoisotopic (exact) mass is 436 g/mol. The van der Waals surface area contributed by atoms with Crippen LogP contribution in [-0.2, 0) is 4.74 Å². The molecule has 0 fully saturated rings. The first-order valence-electron chi connectivity index (χ1n) is 10.5. The normalized spacial score (nSPS) is 14.3. The van der Waals surface area contributed by atoms with E-state index in [1.807, 2.05) is 51.1 Å². The van der Waals surface area contributed by atoms with Crippen LogP contribution in [0.3, 0.4) is 0 Å². The topological polar surface area (TPSA) is 89.6 Å². The van der Waals surface area contributed by atoms with Gasteiger partial charge in [0.25, 0.3) is 0 Å². The summed E-state index contributed by atoms with van der Waals surface area (Å²) in [4.78, 5) is 26.6. The van der Waals surface area contributed by atoms with Crippen molar-refractivity contribution in [1.29, 1.82) is 0 Å². The third-order valence-electron chi connectivity index (χ3n) is 5.21. The summed E-state index contributed by atoms with van der Waals surface area (Å²) in [6, 6.07) is 7.76. The van der Waals surface area contributed by atoms with E-state index in [1.165, 1.54) is 0 Å². The molecule has 2 aromatic heterocycles. The molecule has 3 heterocycles. The van der Waals surface area contributed by atoms with Gasteiger partial charge in [-0.2, -0.15) is 0 Å². The van der Waals surface area contributed by atoms with Crippen molar-refractivity contribution in [2.24, 2.45) is 0 Å². The summed E-state index contributed by atoms with van der Waals surface area (Å²) in [5.41, 5.74) is 4.09. The average Bonchev–Trinajstić information content (AvgIpc) is 3.21. The molecule has 0 atom stereocenters. The summed E-state index contributed by atoms with van der Waals surface area (Å²) in [7, 11) is 3.23. The van der Waals surface area contributed by atoms with Gasteiger partial charge in [0.05, 0.1) is 31.4 Å². The predicted molar refractivity (Wildman–Crippen MR) is 123 cm³/mol. The molecular formula is C24H28N4O4. The molecule has 0 aliphatic carbocycles. The zero-order valence-electron chi connectivity index (χ0n) is 19.1. The number of carbonyl (C=O) groups is 1. The number of aromatic amines is 1. The van der Waals surface area contributed by atoms with Crippen LogP contribution in [0.5, 0.6) is 11.5 Å². The number of aromatic nitrogens is 3. The minimum Gasteiger partial charge on any atom is -0.493 e. The number of H-pyrrole nitrogens is 1. The molecule has 1 aliphatic heterocycles. The number of ether oxygens (including phenoxy) is 3. The van der Waals surface area contributed by atoms with Crippen molar-refractivity contribution < 1.29 is 19.0 Å². The molecule has 4 rings (SSSR count). The van der Waals surface area contributed by atoms with E-state index < -0.39 is 5.60 Å². The third kappa shape index (κ3) is 4.54. The van der Waals surface area contributed by atoms with Gasteiger partial charge in [0.15, 0.2) is 17.3 Å². The molecule has 1 aliphatic rings. The lowest BCUT2D eigenvalue weighted by Crippen LogP contribution is -2.39. The molecule has 0 radical (unpaired) electrons. The minimum absolute atomic E-state index is 0.297. The second kappa shape index (κ2) is 8.53. The lowest BCUT2D eigenvalue weighted by Gasteiger charge is -2.29. The zero-order chi connectivity index (χ0) is 22.9. The largest absolute Gasteiger partial charge is 0.493 e. The van der Waals surface area contributed by atoms with E-state index in [0.717, 1.165) is 27.9 Å². The maximum atomic E-state index is 12.3. The Morgan fingerprint density at radius 3 is 2.56 bits per heavy atom. The second-order valence-corrected chi connectivity index (χ2v) is 8.65. The summed E-state index contributed by atoms with van der Waals surface area (Å²) in [5, 5.41) is 0. The molecular weight excluding hydrogens is 408 g/mol. The van der Waals surface area contributed by atoms with E-state index in [-0.39, 0.29) is 6.09 Å². The van der Waals surface area contributed by atoms with E-state index in [2.05, 4.69) is 9.97 Å². The van der Waals surface area contributed by atoms with Gasteiger partial charge in [-0.1, -0.05) is 6.08 Å². The van der Waals surface area contributed by atoms with Crippen molar-refractivity contribution in [3.8, 4) is 22.8 Å². The number of nitrogens with zero attached hydrogens (tertiary/aromatic N) is 3. The van der Waals surface area contributed by atoms with Crippen molar-refractivity contribution in [2.75, 3.05) is 27.3 Å². The number of carbonyl (C=O) groups excluding carboxylic acids is 1. The summed E-state index contributed by atoms with van der Waals surface area (Å²) < 4.78 is 16.2. The van der Waals surface area contributed by atoms with E-state index in [4.69, 9.17) is 19.2 Å². The molecule has 1 aromatic carbocycles. The Morgan fingerprint density at radius 2 is 1.91 bits per heavy atom. The average molecular weight is 437 g/mol. The fourth-order valence-electron chi connectivity index (χ4n) is 3.60. The smallest absolute Gasteiger partial charge is 0.410 e. The fraction of sp³-hybridized carbons (Fsp3) is 0.375. The van der Waals surface area contributed by atoms with Crippen LogP contribution < -0.4 is 9.47 Å². The lowest BCUT2D eigenvalue weighted by atomic mass is 10.1. The maximum Gasteiger partial charge on any atom is 0.410 e. The van der Waals surface area contributed by atoms with Gasteiger partial charge in [0.1, 0.15) is 5.60 Å². The molecule has 0 unspecified atom stereocenters. The number of benzene rings is 1. The van der Waals surface area contributed by atoms with Gasteiger partial charge in [-0.05, 0) is 57.0 Å². The minimum atomic E-state index is -0.505. The van der Waals surface area contributed by atoms with E-state index in [9.17, 15) is 4.79 Å². The van der Waals surface area contributed by atoms with Gasteiger partial charge in [0, 0.05) is 24.3 Å². The quantitative estimate of drug-likeness (QED) is 0.639. The van der Waals surface area contributed by atoms with Gasteiger partial charge in [-0.15, -0.1) is 0 Å². The Kier molecular flexibility index (Phi) is 5.78. The van der Waals surface area contributed by atoms with E-state index in [0.29, 0.717) is 36.8 Å². The summed E-state index contributed by atoms with van der Waals surface area (Å²) in [6.45, 7) is 6.66. The Hall–Kier alpha value is -3.55. The van der Waals surface area contributed by atoms with Crippen molar-refractivity contribution in [3.63, 3.8) is 0 Å². The van der Waals surface area contributed by atoms with Crippen LogP contribution in [0.1, 0.15) is 33.0 Å². The Bertz CT molecular complexity index is 1180. The van der Waals surface area contributed by atoms with Crippen LogP contribution in [0.15, 0.2) is 36.5 Å². The number of hydrogen-bond donors (Lipinski definition) is 1. The highest BCUT2D eigenvalue weighted by Gasteiger charge is 2.24. The first-order chi connectivity index (χ1) is 15.3. The molecule has 1 N–H and O–H groups in total. The van der Waals surface area contributed by atoms with Crippen LogP contribution in [0.4, 0.5) is 4.79 Å². The lowest BCUT2D eigenvalue weighted by molar-refractivity contribution is 0.0270. The molecule has 8 nitrogen and oxygen atoms in total. The highest BCUT2D eigenvalue weighted by Crippen LogP contribution is 2.33. The first kappa shape index (κ1) is 21.7. The summed E-state index contributed by atoms with van der Waals surface area (Å²) in [5.74, 6) is 2.02. The highest BCUT2D eigenvalue weighted by molar-refractivity contribution is 5.83. The maximum absolute atomic E-state index is 12.3. The summed E-state index contributed by atoms with van der Waals surface area (Å²) in [6.07, 6.45) is 4.17. The summed E-state index contributed by atoms with van der Waals surface area (Å²) >= 11 is 0. The molecule has 1 amide bonds.